The lowest BCUT2D eigenvalue weighted by molar-refractivity contribution is 0.315. The van der Waals surface area contributed by atoms with Crippen LogP contribution in [0.1, 0.15) is 6.42 Å². The molecule has 2 unspecified atom stereocenters. The Hall–Kier alpha value is -0.990. The van der Waals surface area contributed by atoms with Crippen LogP contribution in [0, 0.1) is 5.92 Å². The van der Waals surface area contributed by atoms with Crippen molar-refractivity contribution >= 4 is 5.84 Å². The van der Waals surface area contributed by atoms with E-state index in [1.54, 1.807) is 0 Å². The Morgan fingerprint density at radius 3 is 2.89 bits per heavy atom. The zero-order chi connectivity index (χ0) is 6.27. The topological polar surface area (TPSA) is 44.6 Å². The molecule has 3 nitrogen and oxygen atoms in total. The van der Waals surface area contributed by atoms with E-state index in [4.69, 9.17) is 5.21 Å². The second kappa shape index (κ2) is 1.50. The summed E-state index contributed by atoms with van der Waals surface area (Å²) < 4.78 is 0. The Kier molecular flexibility index (Phi) is 0.806. The summed E-state index contributed by atoms with van der Waals surface area (Å²) in [6.45, 7) is 0. The van der Waals surface area contributed by atoms with Gasteiger partial charge in [-0.15, -0.1) is 0 Å². The van der Waals surface area contributed by atoms with Gasteiger partial charge in [0.1, 0.15) is 5.84 Å². The largest absolute Gasteiger partial charge is 0.409 e. The van der Waals surface area contributed by atoms with E-state index in [1.165, 1.54) is 0 Å². The van der Waals surface area contributed by atoms with Crippen LogP contribution in [-0.4, -0.2) is 17.1 Å². The summed E-state index contributed by atoms with van der Waals surface area (Å²) in [6, 6.07) is 0.431. The zero-order valence-corrected chi connectivity index (χ0v) is 4.91. The van der Waals surface area contributed by atoms with Crippen LogP contribution >= 0.6 is 0 Å². The highest BCUT2D eigenvalue weighted by Gasteiger charge is 2.31. The summed E-state index contributed by atoms with van der Waals surface area (Å²) in [5.41, 5.74) is 0. The van der Waals surface area contributed by atoms with Crippen LogP contribution in [0.25, 0.3) is 0 Å². The van der Waals surface area contributed by atoms with E-state index in [0.717, 1.165) is 12.3 Å². The number of hydrogen-bond donors (Lipinski definition) is 2. The highest BCUT2D eigenvalue weighted by Crippen LogP contribution is 2.24. The molecular formula is C6H8N2O. The van der Waals surface area contributed by atoms with Crippen LogP contribution in [0.3, 0.4) is 0 Å². The predicted molar refractivity (Wildman–Crippen MR) is 33.4 cm³/mol. The molecule has 48 valence electrons. The van der Waals surface area contributed by atoms with E-state index in [9.17, 15) is 0 Å². The van der Waals surface area contributed by atoms with Gasteiger partial charge in [-0.2, -0.15) is 0 Å². The van der Waals surface area contributed by atoms with Gasteiger partial charge in [0.05, 0.1) is 0 Å². The third-order valence-electron chi connectivity index (χ3n) is 1.88. The summed E-state index contributed by atoms with van der Waals surface area (Å²) >= 11 is 0. The first-order valence-corrected chi connectivity index (χ1v) is 3.07. The Morgan fingerprint density at radius 2 is 2.56 bits per heavy atom. The summed E-state index contributed by atoms with van der Waals surface area (Å²) in [4.78, 5) is 0. The third kappa shape index (κ3) is 0.542. The molecule has 2 N–H and O–H groups in total. The van der Waals surface area contributed by atoms with Gasteiger partial charge in [0.2, 0.25) is 0 Å². The van der Waals surface area contributed by atoms with Crippen molar-refractivity contribution in [3.63, 3.8) is 0 Å². The zero-order valence-electron chi connectivity index (χ0n) is 4.91. The van der Waals surface area contributed by atoms with E-state index in [-0.39, 0.29) is 0 Å². The smallest absolute Gasteiger partial charge is 0.149 e. The molecule has 1 aliphatic carbocycles. The van der Waals surface area contributed by atoms with Crippen molar-refractivity contribution in [1.29, 1.82) is 0 Å². The molecule has 9 heavy (non-hydrogen) atoms. The average Bonchev–Trinajstić information content (AvgIpc) is 2.45. The fourth-order valence-corrected chi connectivity index (χ4v) is 1.41. The first-order valence-electron chi connectivity index (χ1n) is 3.07. The van der Waals surface area contributed by atoms with E-state index < -0.39 is 0 Å². The molecule has 1 fully saturated rings. The van der Waals surface area contributed by atoms with E-state index >= 15 is 0 Å². The molecule has 0 aromatic rings. The van der Waals surface area contributed by atoms with Crippen LogP contribution < -0.4 is 5.32 Å². The van der Waals surface area contributed by atoms with Gasteiger partial charge in [0, 0.05) is 12.0 Å². The monoisotopic (exact) mass is 124 g/mol. The second-order valence-corrected chi connectivity index (χ2v) is 2.46. The van der Waals surface area contributed by atoms with Crippen molar-refractivity contribution in [1.82, 2.24) is 5.32 Å². The van der Waals surface area contributed by atoms with Crippen molar-refractivity contribution in [2.24, 2.45) is 11.1 Å². The highest BCUT2D eigenvalue weighted by atomic mass is 16.4. The third-order valence-corrected chi connectivity index (χ3v) is 1.88. The highest BCUT2D eigenvalue weighted by molar-refractivity contribution is 5.89. The summed E-state index contributed by atoms with van der Waals surface area (Å²) in [5, 5.41) is 14.6. The summed E-state index contributed by atoms with van der Waals surface area (Å²) in [7, 11) is 0. The number of oxime groups is 1. The molecule has 0 radical (unpaired) electrons. The molecule has 1 saturated heterocycles. The molecule has 2 bridgehead atoms. The SMILES string of the molecule is O/N=C1/NC2C=CC1C2. The number of nitrogens with zero attached hydrogens (tertiary/aromatic N) is 1. The van der Waals surface area contributed by atoms with Gasteiger partial charge in [-0.1, -0.05) is 17.3 Å². The van der Waals surface area contributed by atoms with Crippen molar-refractivity contribution in [2.45, 2.75) is 12.5 Å². The lowest BCUT2D eigenvalue weighted by atomic mass is 10.1. The predicted octanol–water partition coefficient (Wildman–Crippen LogP) is 0.322. The number of hydrogen-bond acceptors (Lipinski definition) is 2. The number of nitrogens with one attached hydrogen (secondary N) is 1. The Bertz CT molecular complexity index is 185. The molecule has 2 atom stereocenters. The quantitative estimate of drug-likeness (QED) is 0.277. The first-order chi connectivity index (χ1) is 4.40. The molecule has 1 aliphatic heterocycles. The normalized spacial score (nSPS) is 42.0. The molecule has 2 aliphatic rings. The molecule has 0 spiro atoms. The van der Waals surface area contributed by atoms with Gasteiger partial charge >= 0.3 is 0 Å². The number of rotatable bonds is 0. The lowest BCUT2D eigenvalue weighted by Gasteiger charge is -2.05. The van der Waals surface area contributed by atoms with E-state index in [0.29, 0.717) is 12.0 Å². The van der Waals surface area contributed by atoms with Crippen LogP contribution in [0.2, 0.25) is 0 Å². The number of fused-ring (bicyclic) bond motifs is 2. The van der Waals surface area contributed by atoms with Crippen molar-refractivity contribution in [2.75, 3.05) is 0 Å². The Balaban J connectivity index is 2.29. The standard InChI is InChI=1S/C6H8N2O/c9-8-6-4-1-2-5(3-4)7-6/h1-2,4-5,9H,3H2,(H,7,8). The van der Waals surface area contributed by atoms with Crippen molar-refractivity contribution in [3.05, 3.63) is 12.2 Å². The van der Waals surface area contributed by atoms with Gasteiger partial charge in [-0.3, -0.25) is 0 Å². The fraction of sp³-hybridized carbons (Fsp3) is 0.500. The summed E-state index contributed by atoms with van der Waals surface area (Å²) in [5.74, 6) is 1.09. The minimum atomic E-state index is 0.361. The molecule has 0 aromatic carbocycles. The maximum atomic E-state index is 8.38. The molecule has 1 heterocycles. The number of amidine groups is 1. The maximum absolute atomic E-state index is 8.38. The first kappa shape index (κ1) is 4.85. The Labute approximate surface area is 53.1 Å². The molecule has 3 heteroatoms. The maximum Gasteiger partial charge on any atom is 0.149 e. The average molecular weight is 124 g/mol. The van der Waals surface area contributed by atoms with Gasteiger partial charge in [0.25, 0.3) is 0 Å². The minimum absolute atomic E-state index is 0.361. The van der Waals surface area contributed by atoms with Crippen LogP contribution in [0.15, 0.2) is 17.3 Å². The Morgan fingerprint density at radius 1 is 1.67 bits per heavy atom. The molecule has 2 rings (SSSR count). The van der Waals surface area contributed by atoms with Crippen molar-refractivity contribution in [3.8, 4) is 0 Å². The van der Waals surface area contributed by atoms with Gasteiger partial charge in [-0.05, 0) is 6.42 Å². The van der Waals surface area contributed by atoms with Crippen LogP contribution in [-0.2, 0) is 0 Å². The van der Waals surface area contributed by atoms with E-state index in [1.807, 2.05) is 0 Å². The van der Waals surface area contributed by atoms with Gasteiger partial charge in [0.15, 0.2) is 0 Å². The lowest BCUT2D eigenvalue weighted by Crippen LogP contribution is -2.27. The molecular weight excluding hydrogens is 116 g/mol. The second-order valence-electron chi connectivity index (χ2n) is 2.46. The van der Waals surface area contributed by atoms with E-state index in [2.05, 4.69) is 22.6 Å². The molecule has 0 saturated carbocycles. The van der Waals surface area contributed by atoms with Crippen LogP contribution in [0.5, 0.6) is 0 Å². The van der Waals surface area contributed by atoms with Gasteiger partial charge < -0.3 is 10.5 Å². The molecule has 0 aromatic heterocycles. The van der Waals surface area contributed by atoms with Gasteiger partial charge in [-0.25, -0.2) is 0 Å². The van der Waals surface area contributed by atoms with Crippen LogP contribution in [0.4, 0.5) is 0 Å². The summed E-state index contributed by atoms with van der Waals surface area (Å²) in [6.07, 6.45) is 5.26. The minimum Gasteiger partial charge on any atom is -0.409 e. The molecule has 0 amide bonds. The fourth-order valence-electron chi connectivity index (χ4n) is 1.41. The van der Waals surface area contributed by atoms with Crippen molar-refractivity contribution < 1.29 is 5.21 Å².